The van der Waals surface area contributed by atoms with Crippen LogP contribution < -0.4 is 4.72 Å². The van der Waals surface area contributed by atoms with Crippen molar-refractivity contribution in [1.29, 1.82) is 0 Å². The maximum atomic E-state index is 12.9. The van der Waals surface area contributed by atoms with Crippen molar-refractivity contribution >= 4 is 11.4 Å². The quantitative estimate of drug-likeness (QED) is 0.877. The third kappa shape index (κ3) is 4.06. The zero-order valence-electron chi connectivity index (χ0n) is 12.5. The molecule has 21 heavy (non-hydrogen) atoms. The summed E-state index contributed by atoms with van der Waals surface area (Å²) in [4.78, 5) is 0. The van der Waals surface area contributed by atoms with Gasteiger partial charge in [-0.15, -0.1) is 4.72 Å². The summed E-state index contributed by atoms with van der Waals surface area (Å²) < 4.78 is 32.9. The van der Waals surface area contributed by atoms with Gasteiger partial charge in [-0.05, 0) is 52.0 Å². The van der Waals surface area contributed by atoms with Gasteiger partial charge in [0.1, 0.15) is 16.3 Å². The first kappa shape index (κ1) is 16.0. The number of aromatic nitrogens is 1. The minimum absolute atomic E-state index is 0.206. The van der Waals surface area contributed by atoms with Crippen molar-refractivity contribution in [2.24, 2.45) is 0 Å². The Hall–Kier alpha value is -1.37. The van der Waals surface area contributed by atoms with E-state index >= 15 is 0 Å². The fourth-order valence-electron chi connectivity index (χ4n) is 1.64. The zero-order chi connectivity index (χ0) is 15.6. The van der Waals surface area contributed by atoms with E-state index in [0.717, 1.165) is 5.56 Å². The van der Waals surface area contributed by atoms with Crippen molar-refractivity contribution in [2.45, 2.75) is 38.5 Å². The van der Waals surface area contributed by atoms with Crippen molar-refractivity contribution in [2.75, 3.05) is 0 Å². The molecule has 2 rings (SSSR count). The van der Waals surface area contributed by atoms with E-state index in [2.05, 4.69) is 9.88 Å². The molecule has 114 valence electrons. The van der Waals surface area contributed by atoms with E-state index in [9.17, 15) is 8.94 Å². The van der Waals surface area contributed by atoms with Crippen LogP contribution in [-0.2, 0) is 11.4 Å². The van der Waals surface area contributed by atoms with Crippen LogP contribution in [0.4, 0.5) is 4.39 Å². The number of hydrogen-bond donors (Lipinski definition) is 1. The lowest BCUT2D eigenvalue weighted by Gasteiger charge is -2.25. The van der Waals surface area contributed by atoms with Gasteiger partial charge in [-0.1, -0.05) is 5.16 Å². The molecule has 0 radical (unpaired) electrons. The number of nitrogens with zero attached hydrogens (tertiary/aromatic N) is 1. The van der Waals surface area contributed by atoms with Gasteiger partial charge in [0, 0.05) is 23.0 Å². The lowest BCUT2D eigenvalue weighted by Crippen LogP contribution is -2.40. The largest absolute Gasteiger partial charge is 0.598 e. The van der Waals surface area contributed by atoms with Crippen molar-refractivity contribution in [3.05, 3.63) is 41.8 Å². The van der Waals surface area contributed by atoms with Crippen molar-refractivity contribution in [3.63, 3.8) is 0 Å². The Bertz CT molecular complexity index is 592. The fourth-order valence-corrected chi connectivity index (χ4v) is 2.44. The Morgan fingerprint density at radius 1 is 1.29 bits per heavy atom. The van der Waals surface area contributed by atoms with E-state index in [1.54, 1.807) is 18.2 Å². The van der Waals surface area contributed by atoms with Crippen LogP contribution >= 0.6 is 0 Å². The molecule has 1 aromatic carbocycles. The summed E-state index contributed by atoms with van der Waals surface area (Å²) in [5, 5.41) is 3.98. The SMILES string of the molecule is C[C@H](N[S@+]([O-])C(C)(C)C)c1cc(-c2ccc(F)cc2)on1. The first-order valence-corrected chi connectivity index (χ1v) is 7.83. The molecule has 0 aliphatic carbocycles. The monoisotopic (exact) mass is 310 g/mol. The van der Waals surface area contributed by atoms with Crippen molar-refractivity contribution in [3.8, 4) is 11.3 Å². The molecule has 2 atom stereocenters. The first-order chi connectivity index (χ1) is 9.77. The van der Waals surface area contributed by atoms with E-state index in [1.165, 1.54) is 12.1 Å². The van der Waals surface area contributed by atoms with Crippen LogP contribution in [0.5, 0.6) is 0 Å². The summed E-state index contributed by atoms with van der Waals surface area (Å²) in [6, 6.07) is 7.56. The molecule has 2 aromatic rings. The zero-order valence-corrected chi connectivity index (χ0v) is 13.3. The summed E-state index contributed by atoms with van der Waals surface area (Å²) in [7, 11) is 0. The van der Waals surface area contributed by atoms with Crippen LogP contribution in [-0.4, -0.2) is 14.5 Å². The van der Waals surface area contributed by atoms with Crippen LogP contribution in [0.1, 0.15) is 39.4 Å². The number of halogens is 1. The maximum absolute atomic E-state index is 12.9. The molecule has 0 aliphatic rings. The molecule has 0 aliphatic heterocycles. The highest BCUT2D eigenvalue weighted by Gasteiger charge is 2.29. The Morgan fingerprint density at radius 3 is 2.48 bits per heavy atom. The second-order valence-electron chi connectivity index (χ2n) is 5.84. The molecule has 0 bridgehead atoms. The molecule has 0 saturated heterocycles. The van der Waals surface area contributed by atoms with Gasteiger partial charge in [0.2, 0.25) is 0 Å². The van der Waals surface area contributed by atoms with Gasteiger partial charge < -0.3 is 9.08 Å². The molecule has 1 aromatic heterocycles. The lowest BCUT2D eigenvalue weighted by molar-refractivity contribution is 0.415. The summed E-state index contributed by atoms with van der Waals surface area (Å²) in [6.45, 7) is 7.57. The lowest BCUT2D eigenvalue weighted by atomic mass is 10.1. The summed E-state index contributed by atoms with van der Waals surface area (Å²) in [5.41, 5.74) is 1.41. The van der Waals surface area contributed by atoms with E-state index in [1.807, 2.05) is 27.7 Å². The van der Waals surface area contributed by atoms with Gasteiger partial charge in [-0.2, -0.15) is 0 Å². The number of rotatable bonds is 4. The van der Waals surface area contributed by atoms with Crippen LogP contribution in [0.2, 0.25) is 0 Å². The molecule has 6 heteroatoms. The highest BCUT2D eigenvalue weighted by molar-refractivity contribution is 7.90. The third-order valence-corrected chi connectivity index (χ3v) is 4.62. The van der Waals surface area contributed by atoms with E-state index in [4.69, 9.17) is 4.52 Å². The standard InChI is InChI=1S/C15H19FN2O2S/c1-10(18-21(19)15(2,3)4)13-9-14(20-17-13)11-5-7-12(16)8-6-11/h5-10,18H,1-4H3/t10-,21+/m0/s1. The van der Waals surface area contributed by atoms with Crippen LogP contribution in [0.3, 0.4) is 0 Å². The van der Waals surface area contributed by atoms with Gasteiger partial charge >= 0.3 is 0 Å². The Morgan fingerprint density at radius 2 is 1.90 bits per heavy atom. The molecule has 0 amide bonds. The van der Waals surface area contributed by atoms with E-state index in [0.29, 0.717) is 11.5 Å². The van der Waals surface area contributed by atoms with Crippen molar-refractivity contribution in [1.82, 2.24) is 9.88 Å². The Kier molecular flexibility index (Phi) is 4.70. The molecule has 0 saturated carbocycles. The number of nitrogens with one attached hydrogen (secondary N) is 1. The van der Waals surface area contributed by atoms with E-state index < -0.39 is 11.4 Å². The van der Waals surface area contributed by atoms with Crippen LogP contribution in [0, 0.1) is 5.82 Å². The van der Waals surface area contributed by atoms with Crippen molar-refractivity contribution < 1.29 is 13.5 Å². The second kappa shape index (κ2) is 6.17. The Balaban J connectivity index is 2.10. The Labute approximate surface area is 127 Å². The van der Waals surface area contributed by atoms with Gasteiger partial charge in [-0.3, -0.25) is 0 Å². The average Bonchev–Trinajstić information content (AvgIpc) is 2.88. The molecule has 0 spiro atoms. The fraction of sp³-hybridized carbons (Fsp3) is 0.400. The molecule has 1 heterocycles. The molecule has 1 N–H and O–H groups in total. The first-order valence-electron chi connectivity index (χ1n) is 6.68. The van der Waals surface area contributed by atoms with Crippen LogP contribution in [0.25, 0.3) is 11.3 Å². The van der Waals surface area contributed by atoms with Gasteiger partial charge in [0.05, 0.1) is 6.04 Å². The highest BCUT2D eigenvalue weighted by Crippen LogP contribution is 2.24. The van der Waals surface area contributed by atoms with Gasteiger partial charge in [0.25, 0.3) is 0 Å². The molecular formula is C15H19FN2O2S. The summed E-state index contributed by atoms with van der Waals surface area (Å²) in [5.74, 6) is 0.259. The maximum Gasteiger partial charge on any atom is 0.167 e. The predicted molar refractivity (Wildman–Crippen MR) is 81.3 cm³/mol. The third-order valence-electron chi connectivity index (χ3n) is 2.94. The second-order valence-corrected chi connectivity index (χ2v) is 7.84. The highest BCUT2D eigenvalue weighted by atomic mass is 32.2. The van der Waals surface area contributed by atoms with Gasteiger partial charge in [0.15, 0.2) is 5.76 Å². The van der Waals surface area contributed by atoms with E-state index in [-0.39, 0.29) is 16.6 Å². The summed E-state index contributed by atoms with van der Waals surface area (Å²) in [6.07, 6.45) is 0. The minimum atomic E-state index is -1.19. The molecule has 0 fully saturated rings. The van der Waals surface area contributed by atoms with Crippen LogP contribution in [0.15, 0.2) is 34.9 Å². The smallest absolute Gasteiger partial charge is 0.167 e. The normalized spacial score (nSPS) is 15.0. The molecule has 4 nitrogen and oxygen atoms in total. The minimum Gasteiger partial charge on any atom is -0.598 e. The molecule has 0 unspecified atom stereocenters. The molecular weight excluding hydrogens is 291 g/mol. The number of hydrogen-bond acceptors (Lipinski definition) is 4. The predicted octanol–water partition coefficient (Wildman–Crippen LogP) is 3.59. The number of benzene rings is 1. The summed E-state index contributed by atoms with van der Waals surface area (Å²) >= 11 is -1.19. The van der Waals surface area contributed by atoms with Gasteiger partial charge in [-0.25, -0.2) is 4.39 Å². The topological polar surface area (TPSA) is 61.1 Å². The average molecular weight is 310 g/mol.